The number of anilines is 1. The summed E-state index contributed by atoms with van der Waals surface area (Å²) in [4.78, 5) is 19.1. The lowest BCUT2D eigenvalue weighted by molar-refractivity contribution is 0.0788. The first kappa shape index (κ1) is 19.2. The molecule has 0 radical (unpaired) electrons. The first-order valence-electron chi connectivity index (χ1n) is 9.75. The van der Waals surface area contributed by atoms with Crippen LogP contribution in [0.5, 0.6) is 5.75 Å². The van der Waals surface area contributed by atoms with Gasteiger partial charge in [0, 0.05) is 25.4 Å². The molecule has 0 unspecified atom stereocenters. The third-order valence-corrected chi connectivity index (χ3v) is 5.18. The third kappa shape index (κ3) is 3.87. The molecule has 1 N–H and O–H groups in total. The fraction of sp³-hybridized carbons (Fsp3) is 0.381. The molecule has 29 heavy (non-hydrogen) atoms. The summed E-state index contributed by atoms with van der Waals surface area (Å²) in [6, 6.07) is 6.07. The standard InChI is InChI=1S/C21H24FN5O2/c1-13-5-4-9-26(3)21(28)17-12-23-27-10-8-19(25-20(17)27)24-14(2)16-11-15(22)6-7-18(16)29-13/h6-8,10-14H,4-5,9H2,1-3H3,(H,24,25)/t13-,14+/m0/s1. The van der Waals surface area contributed by atoms with Gasteiger partial charge in [-0.05, 0) is 51.0 Å². The summed E-state index contributed by atoms with van der Waals surface area (Å²) < 4.78 is 21.6. The summed E-state index contributed by atoms with van der Waals surface area (Å²) in [6.45, 7) is 4.50. The van der Waals surface area contributed by atoms with Gasteiger partial charge in [-0.1, -0.05) is 0 Å². The number of aromatic nitrogens is 3. The number of carbonyl (C=O) groups is 1. The molecule has 0 saturated heterocycles. The van der Waals surface area contributed by atoms with Crippen molar-refractivity contribution in [3.8, 4) is 5.75 Å². The molecule has 0 fully saturated rings. The van der Waals surface area contributed by atoms with Crippen LogP contribution in [0.15, 0.2) is 36.7 Å². The molecule has 3 aromatic rings. The van der Waals surface area contributed by atoms with Crippen molar-refractivity contribution in [3.05, 3.63) is 53.6 Å². The Morgan fingerprint density at radius 3 is 2.93 bits per heavy atom. The molecule has 0 aliphatic carbocycles. The molecule has 8 heteroatoms. The molecule has 7 nitrogen and oxygen atoms in total. The van der Waals surface area contributed by atoms with E-state index in [-0.39, 0.29) is 23.9 Å². The van der Waals surface area contributed by atoms with E-state index in [1.54, 1.807) is 41.0 Å². The van der Waals surface area contributed by atoms with Gasteiger partial charge in [0.2, 0.25) is 0 Å². The van der Waals surface area contributed by atoms with Crippen molar-refractivity contribution < 1.29 is 13.9 Å². The molecular formula is C21H24FN5O2. The van der Waals surface area contributed by atoms with E-state index in [1.165, 1.54) is 12.1 Å². The predicted octanol–water partition coefficient (Wildman–Crippen LogP) is 3.67. The summed E-state index contributed by atoms with van der Waals surface area (Å²) in [7, 11) is 1.78. The molecule has 2 atom stereocenters. The Bertz CT molecular complexity index is 1050. The van der Waals surface area contributed by atoms with E-state index in [1.807, 2.05) is 13.8 Å². The van der Waals surface area contributed by atoms with Crippen LogP contribution in [0.25, 0.3) is 5.65 Å². The highest BCUT2D eigenvalue weighted by Gasteiger charge is 2.21. The monoisotopic (exact) mass is 397 g/mol. The van der Waals surface area contributed by atoms with E-state index >= 15 is 0 Å². The SMILES string of the molecule is C[C@H]1CCCN(C)C(=O)c2cnn3ccc(nc23)N[C@H](C)c2cc(F)ccc2O1. The smallest absolute Gasteiger partial charge is 0.259 e. The molecule has 3 heterocycles. The fourth-order valence-electron chi connectivity index (χ4n) is 3.56. The Hall–Kier alpha value is -3.16. The molecule has 1 aliphatic heterocycles. The number of carbonyl (C=O) groups excluding carboxylic acids is 1. The van der Waals surface area contributed by atoms with Gasteiger partial charge in [0.05, 0.1) is 18.3 Å². The maximum absolute atomic E-state index is 13.9. The van der Waals surface area contributed by atoms with Crippen molar-refractivity contribution in [1.82, 2.24) is 19.5 Å². The van der Waals surface area contributed by atoms with Crippen molar-refractivity contribution in [2.75, 3.05) is 18.9 Å². The van der Waals surface area contributed by atoms with Gasteiger partial charge in [0.25, 0.3) is 5.91 Å². The van der Waals surface area contributed by atoms with Gasteiger partial charge in [-0.15, -0.1) is 0 Å². The highest BCUT2D eigenvalue weighted by atomic mass is 19.1. The topological polar surface area (TPSA) is 71.8 Å². The molecule has 2 bridgehead atoms. The molecular weight excluding hydrogens is 373 g/mol. The first-order valence-corrected chi connectivity index (χ1v) is 9.75. The van der Waals surface area contributed by atoms with Crippen LogP contribution in [0.1, 0.15) is 48.7 Å². The largest absolute Gasteiger partial charge is 0.490 e. The third-order valence-electron chi connectivity index (χ3n) is 5.18. The van der Waals surface area contributed by atoms with Crippen molar-refractivity contribution in [3.63, 3.8) is 0 Å². The lowest BCUT2D eigenvalue weighted by Gasteiger charge is -2.22. The number of halogens is 1. The number of ether oxygens (including phenoxy) is 1. The molecule has 1 aromatic carbocycles. The Kier molecular flexibility index (Phi) is 5.08. The van der Waals surface area contributed by atoms with Crippen molar-refractivity contribution in [2.45, 2.75) is 38.8 Å². The Morgan fingerprint density at radius 1 is 1.28 bits per heavy atom. The summed E-state index contributed by atoms with van der Waals surface area (Å²) >= 11 is 0. The van der Waals surface area contributed by atoms with Gasteiger partial charge in [0.15, 0.2) is 5.65 Å². The van der Waals surface area contributed by atoms with Crippen LogP contribution in [-0.2, 0) is 0 Å². The lowest BCUT2D eigenvalue weighted by Crippen LogP contribution is -2.28. The molecule has 1 aliphatic rings. The normalized spacial score (nSPS) is 20.6. The molecule has 2 aromatic heterocycles. The maximum atomic E-state index is 13.9. The molecule has 0 saturated carbocycles. The second-order valence-corrected chi connectivity index (χ2v) is 7.48. The van der Waals surface area contributed by atoms with E-state index in [0.717, 1.165) is 18.4 Å². The second kappa shape index (κ2) is 7.69. The zero-order chi connectivity index (χ0) is 20.5. The Morgan fingerprint density at radius 2 is 2.10 bits per heavy atom. The summed E-state index contributed by atoms with van der Waals surface area (Å²) in [5.74, 6) is 0.774. The van der Waals surface area contributed by atoms with E-state index in [4.69, 9.17) is 4.74 Å². The number of amides is 1. The van der Waals surface area contributed by atoms with Gasteiger partial charge in [-0.2, -0.15) is 5.10 Å². The fourth-order valence-corrected chi connectivity index (χ4v) is 3.56. The average Bonchev–Trinajstić information content (AvgIpc) is 3.11. The maximum Gasteiger partial charge on any atom is 0.259 e. The number of fused-ring (bicyclic) bond motifs is 2. The number of hydrogen-bond donors (Lipinski definition) is 1. The van der Waals surface area contributed by atoms with Crippen molar-refractivity contribution >= 4 is 17.4 Å². The zero-order valence-electron chi connectivity index (χ0n) is 16.7. The minimum Gasteiger partial charge on any atom is -0.490 e. The minimum absolute atomic E-state index is 0.0675. The molecule has 0 spiro atoms. The minimum atomic E-state index is -0.319. The summed E-state index contributed by atoms with van der Waals surface area (Å²) in [5, 5.41) is 7.53. The number of nitrogens with zero attached hydrogens (tertiary/aromatic N) is 4. The highest BCUT2D eigenvalue weighted by molar-refractivity contribution is 5.99. The first-order chi connectivity index (χ1) is 13.9. The van der Waals surface area contributed by atoms with E-state index in [0.29, 0.717) is 29.3 Å². The van der Waals surface area contributed by atoms with E-state index in [9.17, 15) is 9.18 Å². The highest BCUT2D eigenvalue weighted by Crippen LogP contribution is 2.30. The van der Waals surface area contributed by atoms with Crippen LogP contribution in [0, 0.1) is 5.82 Å². The van der Waals surface area contributed by atoms with E-state index in [2.05, 4.69) is 15.4 Å². The Labute approximate surface area is 168 Å². The van der Waals surface area contributed by atoms with Crippen molar-refractivity contribution in [1.29, 1.82) is 0 Å². The van der Waals surface area contributed by atoms with Crippen LogP contribution in [0.4, 0.5) is 10.2 Å². The van der Waals surface area contributed by atoms with Crippen LogP contribution in [0.3, 0.4) is 0 Å². The van der Waals surface area contributed by atoms with Crippen molar-refractivity contribution in [2.24, 2.45) is 0 Å². The van der Waals surface area contributed by atoms with Gasteiger partial charge in [-0.25, -0.2) is 13.9 Å². The van der Waals surface area contributed by atoms with Crippen LogP contribution in [-0.4, -0.2) is 45.1 Å². The Balaban J connectivity index is 1.77. The van der Waals surface area contributed by atoms with Crippen LogP contribution < -0.4 is 10.1 Å². The zero-order valence-corrected chi connectivity index (χ0v) is 16.7. The number of nitrogens with one attached hydrogen (secondary N) is 1. The molecule has 4 rings (SSSR count). The van der Waals surface area contributed by atoms with Gasteiger partial charge < -0.3 is 15.0 Å². The summed E-state index contributed by atoms with van der Waals surface area (Å²) in [5.41, 5.74) is 1.66. The molecule has 1 amide bonds. The van der Waals surface area contributed by atoms with Gasteiger partial charge in [0.1, 0.15) is 22.9 Å². The quantitative estimate of drug-likeness (QED) is 0.627. The predicted molar refractivity (Wildman–Crippen MR) is 108 cm³/mol. The number of hydrogen-bond acceptors (Lipinski definition) is 5. The van der Waals surface area contributed by atoms with Crippen LogP contribution in [0.2, 0.25) is 0 Å². The van der Waals surface area contributed by atoms with Gasteiger partial charge >= 0.3 is 0 Å². The summed E-state index contributed by atoms with van der Waals surface area (Å²) in [6.07, 6.45) is 4.78. The molecule has 152 valence electrons. The lowest BCUT2D eigenvalue weighted by atomic mass is 10.1. The second-order valence-electron chi connectivity index (χ2n) is 7.48. The number of benzene rings is 1. The average molecular weight is 397 g/mol. The van der Waals surface area contributed by atoms with Crippen LogP contribution >= 0.6 is 0 Å². The number of rotatable bonds is 0. The van der Waals surface area contributed by atoms with Gasteiger partial charge in [-0.3, -0.25) is 4.79 Å². The van der Waals surface area contributed by atoms with E-state index < -0.39 is 0 Å².